The molecule has 3 N–H and O–H groups in total. The van der Waals surface area contributed by atoms with Crippen molar-refractivity contribution >= 4 is 5.91 Å². The van der Waals surface area contributed by atoms with Crippen LogP contribution in [0.4, 0.5) is 0 Å². The Morgan fingerprint density at radius 1 is 1.53 bits per heavy atom. The second-order valence-corrected chi connectivity index (χ2v) is 5.32. The SMILES string of the molecule is CCC1CN(C(=O)c2cccc(O)c2C)CCC1N. The topological polar surface area (TPSA) is 66.6 Å². The molecular formula is C15H22N2O2. The molecule has 0 aliphatic carbocycles. The molecule has 0 aromatic heterocycles. The molecule has 1 aromatic rings. The zero-order valence-corrected chi connectivity index (χ0v) is 11.6. The third-order valence-corrected chi connectivity index (χ3v) is 4.14. The Morgan fingerprint density at radius 2 is 2.26 bits per heavy atom. The predicted octanol–water partition coefficient (Wildman–Crippen LogP) is 1.90. The van der Waals surface area contributed by atoms with Crippen molar-refractivity contribution in [1.29, 1.82) is 0 Å². The average Bonchev–Trinajstić information content (AvgIpc) is 2.41. The molecule has 0 saturated carbocycles. The minimum absolute atomic E-state index is 0.00116. The highest BCUT2D eigenvalue weighted by Crippen LogP contribution is 2.24. The molecule has 104 valence electrons. The summed E-state index contributed by atoms with van der Waals surface area (Å²) in [5, 5.41) is 9.70. The fourth-order valence-corrected chi connectivity index (χ4v) is 2.69. The number of nitrogens with two attached hydrogens (primary N) is 1. The lowest BCUT2D eigenvalue weighted by Crippen LogP contribution is -2.49. The second kappa shape index (κ2) is 5.61. The van der Waals surface area contributed by atoms with Gasteiger partial charge in [-0.15, -0.1) is 0 Å². The van der Waals surface area contributed by atoms with Gasteiger partial charge in [0, 0.05) is 30.3 Å². The summed E-state index contributed by atoms with van der Waals surface area (Å²) in [5.74, 6) is 0.542. The number of nitrogens with zero attached hydrogens (tertiary/aromatic N) is 1. The Kier molecular flexibility index (Phi) is 4.10. The van der Waals surface area contributed by atoms with E-state index < -0.39 is 0 Å². The molecule has 2 atom stereocenters. The lowest BCUT2D eigenvalue weighted by Gasteiger charge is -2.36. The van der Waals surface area contributed by atoms with Crippen molar-refractivity contribution in [1.82, 2.24) is 4.90 Å². The first-order chi connectivity index (χ1) is 9.04. The summed E-state index contributed by atoms with van der Waals surface area (Å²) in [6.07, 6.45) is 1.84. The van der Waals surface area contributed by atoms with Crippen molar-refractivity contribution in [3.63, 3.8) is 0 Å². The van der Waals surface area contributed by atoms with Crippen molar-refractivity contribution in [2.75, 3.05) is 13.1 Å². The molecule has 0 radical (unpaired) electrons. The smallest absolute Gasteiger partial charge is 0.254 e. The molecule has 0 bridgehead atoms. The van der Waals surface area contributed by atoms with Crippen LogP contribution in [0.3, 0.4) is 0 Å². The normalized spacial score (nSPS) is 23.4. The number of likely N-dealkylation sites (tertiary alicyclic amines) is 1. The summed E-state index contributed by atoms with van der Waals surface area (Å²) < 4.78 is 0. The van der Waals surface area contributed by atoms with Crippen LogP contribution in [0.15, 0.2) is 18.2 Å². The number of hydrogen-bond acceptors (Lipinski definition) is 3. The van der Waals surface area contributed by atoms with Crippen molar-refractivity contribution in [3.05, 3.63) is 29.3 Å². The van der Waals surface area contributed by atoms with E-state index in [0.717, 1.165) is 12.8 Å². The quantitative estimate of drug-likeness (QED) is 0.855. The third kappa shape index (κ3) is 2.73. The molecule has 1 aromatic carbocycles. The molecule has 1 aliphatic heterocycles. The molecule has 2 rings (SSSR count). The summed E-state index contributed by atoms with van der Waals surface area (Å²) in [7, 11) is 0. The van der Waals surface area contributed by atoms with Crippen molar-refractivity contribution in [2.45, 2.75) is 32.7 Å². The maximum atomic E-state index is 12.5. The number of piperidine rings is 1. The van der Waals surface area contributed by atoms with Crippen LogP contribution in [0.25, 0.3) is 0 Å². The van der Waals surface area contributed by atoms with Gasteiger partial charge in [-0.2, -0.15) is 0 Å². The van der Waals surface area contributed by atoms with Gasteiger partial charge in [0.2, 0.25) is 0 Å². The van der Waals surface area contributed by atoms with Crippen LogP contribution < -0.4 is 5.73 Å². The molecule has 1 amide bonds. The minimum Gasteiger partial charge on any atom is -0.508 e. The van der Waals surface area contributed by atoms with Crippen LogP contribution in [0.1, 0.15) is 35.7 Å². The van der Waals surface area contributed by atoms with E-state index in [9.17, 15) is 9.90 Å². The van der Waals surface area contributed by atoms with E-state index in [1.807, 2.05) is 4.90 Å². The Morgan fingerprint density at radius 3 is 2.95 bits per heavy atom. The Labute approximate surface area is 114 Å². The van der Waals surface area contributed by atoms with E-state index in [0.29, 0.717) is 30.1 Å². The van der Waals surface area contributed by atoms with E-state index in [4.69, 9.17) is 5.73 Å². The van der Waals surface area contributed by atoms with Crippen LogP contribution >= 0.6 is 0 Å². The molecule has 4 nitrogen and oxygen atoms in total. The number of benzene rings is 1. The number of phenols is 1. The first kappa shape index (κ1) is 13.9. The van der Waals surface area contributed by atoms with Crippen molar-refractivity contribution in [2.24, 2.45) is 11.7 Å². The van der Waals surface area contributed by atoms with E-state index in [-0.39, 0.29) is 17.7 Å². The molecule has 19 heavy (non-hydrogen) atoms. The largest absolute Gasteiger partial charge is 0.508 e. The van der Waals surface area contributed by atoms with Crippen LogP contribution in [0.2, 0.25) is 0 Å². The molecule has 0 spiro atoms. The van der Waals surface area contributed by atoms with Crippen molar-refractivity contribution < 1.29 is 9.90 Å². The summed E-state index contributed by atoms with van der Waals surface area (Å²) in [5.41, 5.74) is 7.30. The van der Waals surface area contributed by atoms with Gasteiger partial charge in [-0.05, 0) is 31.4 Å². The first-order valence-electron chi connectivity index (χ1n) is 6.88. The Bertz CT molecular complexity index is 473. The van der Waals surface area contributed by atoms with Gasteiger partial charge in [0.05, 0.1) is 0 Å². The van der Waals surface area contributed by atoms with E-state index >= 15 is 0 Å². The summed E-state index contributed by atoms with van der Waals surface area (Å²) >= 11 is 0. The number of aromatic hydroxyl groups is 1. The van der Waals surface area contributed by atoms with Crippen LogP contribution in [0.5, 0.6) is 5.75 Å². The monoisotopic (exact) mass is 262 g/mol. The van der Waals surface area contributed by atoms with E-state index in [1.54, 1.807) is 25.1 Å². The maximum Gasteiger partial charge on any atom is 0.254 e. The molecule has 1 saturated heterocycles. The van der Waals surface area contributed by atoms with Gasteiger partial charge < -0.3 is 15.7 Å². The Balaban J connectivity index is 2.18. The lowest BCUT2D eigenvalue weighted by molar-refractivity contribution is 0.0648. The minimum atomic E-state index is -0.00116. The van der Waals surface area contributed by atoms with Crippen LogP contribution in [0, 0.1) is 12.8 Å². The first-order valence-corrected chi connectivity index (χ1v) is 6.88. The number of hydrogen-bond donors (Lipinski definition) is 2. The van der Waals surface area contributed by atoms with Gasteiger partial charge in [-0.25, -0.2) is 0 Å². The summed E-state index contributed by atoms with van der Waals surface area (Å²) in [6, 6.07) is 5.28. The second-order valence-electron chi connectivity index (χ2n) is 5.32. The molecule has 1 fully saturated rings. The van der Waals surface area contributed by atoms with Gasteiger partial charge in [0.1, 0.15) is 5.75 Å². The fourth-order valence-electron chi connectivity index (χ4n) is 2.69. The molecular weight excluding hydrogens is 240 g/mol. The van der Waals surface area contributed by atoms with E-state index in [2.05, 4.69) is 6.92 Å². The van der Waals surface area contributed by atoms with Gasteiger partial charge in [0.15, 0.2) is 0 Å². The fraction of sp³-hybridized carbons (Fsp3) is 0.533. The van der Waals surface area contributed by atoms with Gasteiger partial charge in [0.25, 0.3) is 5.91 Å². The summed E-state index contributed by atoms with van der Waals surface area (Å²) in [4.78, 5) is 14.4. The van der Waals surface area contributed by atoms with Gasteiger partial charge in [-0.1, -0.05) is 19.4 Å². The lowest BCUT2D eigenvalue weighted by atomic mass is 9.90. The molecule has 4 heteroatoms. The number of carbonyl (C=O) groups excluding carboxylic acids is 1. The maximum absolute atomic E-state index is 12.5. The molecule has 2 unspecified atom stereocenters. The highest BCUT2D eigenvalue weighted by atomic mass is 16.3. The Hall–Kier alpha value is -1.55. The van der Waals surface area contributed by atoms with Crippen LogP contribution in [-0.4, -0.2) is 35.0 Å². The standard InChI is InChI=1S/C15H22N2O2/c1-3-11-9-17(8-7-13(11)16)15(19)12-5-4-6-14(18)10(12)2/h4-6,11,13,18H,3,7-9,16H2,1-2H3. The number of rotatable bonds is 2. The predicted molar refractivity (Wildman–Crippen MR) is 75.1 cm³/mol. The third-order valence-electron chi connectivity index (χ3n) is 4.14. The zero-order valence-electron chi connectivity index (χ0n) is 11.6. The highest BCUT2D eigenvalue weighted by molar-refractivity contribution is 5.96. The van der Waals surface area contributed by atoms with Crippen molar-refractivity contribution in [3.8, 4) is 5.75 Å². The van der Waals surface area contributed by atoms with Gasteiger partial charge in [-0.3, -0.25) is 4.79 Å². The molecule has 1 heterocycles. The number of carbonyl (C=O) groups is 1. The average molecular weight is 262 g/mol. The van der Waals surface area contributed by atoms with Gasteiger partial charge >= 0.3 is 0 Å². The number of amides is 1. The van der Waals surface area contributed by atoms with Crippen LogP contribution in [-0.2, 0) is 0 Å². The summed E-state index contributed by atoms with van der Waals surface area (Å²) in [6.45, 7) is 5.30. The highest BCUT2D eigenvalue weighted by Gasteiger charge is 2.29. The van der Waals surface area contributed by atoms with E-state index in [1.165, 1.54) is 0 Å². The molecule has 1 aliphatic rings. The zero-order chi connectivity index (χ0) is 14.0. The number of phenolic OH excluding ortho intramolecular Hbond substituents is 1.